The standard InChI is InChI=1S/C23H26N4O3/c1-26(2)9-10-27-22-16(13-25-18-8-6-5-7-17(24)21(18)22)14-11-19(29-3)20(30-4)12-15(14)23(27)28/h5-6,8,11-13H,7,9-10,24H2,1-4H3. The summed E-state index contributed by atoms with van der Waals surface area (Å²) in [7, 11) is 7.13. The van der Waals surface area contributed by atoms with Crippen molar-refractivity contribution in [1.82, 2.24) is 14.5 Å². The van der Waals surface area contributed by atoms with Crippen LogP contribution in [0.25, 0.3) is 33.4 Å². The minimum atomic E-state index is -0.0845. The highest BCUT2D eigenvalue weighted by Gasteiger charge is 2.18. The molecule has 4 rings (SSSR count). The number of benzene rings is 1. The number of rotatable bonds is 5. The van der Waals surface area contributed by atoms with Crippen LogP contribution in [0.4, 0.5) is 0 Å². The predicted molar refractivity (Wildman–Crippen MR) is 120 cm³/mol. The Labute approximate surface area is 174 Å². The Balaban J connectivity index is 2.25. The molecule has 0 saturated heterocycles. The molecule has 30 heavy (non-hydrogen) atoms. The second kappa shape index (κ2) is 7.84. The first-order valence-corrected chi connectivity index (χ1v) is 9.83. The average molecular weight is 406 g/mol. The molecule has 0 saturated carbocycles. The number of methoxy groups -OCH3 is 2. The Bertz CT molecular complexity index is 1350. The largest absolute Gasteiger partial charge is 0.493 e. The van der Waals surface area contributed by atoms with Gasteiger partial charge in [0.2, 0.25) is 0 Å². The van der Waals surface area contributed by atoms with Crippen molar-refractivity contribution in [2.24, 2.45) is 5.73 Å². The van der Waals surface area contributed by atoms with Gasteiger partial charge in [0, 0.05) is 47.4 Å². The van der Waals surface area contributed by atoms with Gasteiger partial charge in [-0.3, -0.25) is 9.78 Å². The van der Waals surface area contributed by atoms with Crippen molar-refractivity contribution in [3.05, 3.63) is 51.4 Å². The number of likely N-dealkylation sites (N-methyl/N-ethyl adjacent to an activating group) is 1. The fourth-order valence-electron chi connectivity index (χ4n) is 3.93. The summed E-state index contributed by atoms with van der Waals surface area (Å²) in [6.07, 6.45) is 8.32. The van der Waals surface area contributed by atoms with Crippen LogP contribution < -0.4 is 31.3 Å². The second-order valence-electron chi connectivity index (χ2n) is 7.62. The number of nitrogens with two attached hydrogens (primary N) is 1. The Morgan fingerprint density at radius 3 is 2.50 bits per heavy atom. The SMILES string of the molecule is COc1cc2c(=O)n(CCN(C)C)c3c4c(ncc3c2cc1OC)=CC=CCC=4N. The third-order valence-electron chi connectivity index (χ3n) is 5.46. The van der Waals surface area contributed by atoms with E-state index in [9.17, 15) is 4.79 Å². The summed E-state index contributed by atoms with van der Waals surface area (Å²) in [4.78, 5) is 20.4. The third kappa shape index (κ3) is 3.21. The predicted octanol–water partition coefficient (Wildman–Crippen LogP) is 0.936. The van der Waals surface area contributed by atoms with Gasteiger partial charge in [0.15, 0.2) is 11.5 Å². The Hall–Kier alpha value is -3.32. The number of pyridine rings is 2. The minimum absolute atomic E-state index is 0.0845. The number of allylic oxidation sites excluding steroid dienone is 1. The highest BCUT2D eigenvalue weighted by molar-refractivity contribution is 6.06. The van der Waals surface area contributed by atoms with E-state index in [1.807, 2.05) is 49.2 Å². The monoisotopic (exact) mass is 406 g/mol. The molecule has 0 radical (unpaired) electrons. The lowest BCUT2D eigenvalue weighted by atomic mass is 10.0. The summed E-state index contributed by atoms with van der Waals surface area (Å²) >= 11 is 0. The van der Waals surface area contributed by atoms with Crippen molar-refractivity contribution in [2.45, 2.75) is 13.0 Å². The van der Waals surface area contributed by atoms with Crippen LogP contribution in [-0.4, -0.2) is 49.3 Å². The number of fused-ring (bicyclic) bond motifs is 5. The van der Waals surface area contributed by atoms with Crippen LogP contribution in [0.15, 0.2) is 35.3 Å². The van der Waals surface area contributed by atoms with Crippen molar-refractivity contribution in [3.63, 3.8) is 0 Å². The molecule has 0 spiro atoms. The molecule has 2 heterocycles. The molecule has 0 atom stereocenters. The molecule has 2 aromatic heterocycles. The van der Waals surface area contributed by atoms with Crippen LogP contribution in [-0.2, 0) is 6.54 Å². The molecule has 3 aromatic rings. The topological polar surface area (TPSA) is 82.6 Å². The van der Waals surface area contributed by atoms with Crippen LogP contribution in [0, 0.1) is 0 Å². The maximum Gasteiger partial charge on any atom is 0.259 e. The quantitative estimate of drug-likeness (QED) is 0.635. The lowest BCUT2D eigenvalue weighted by molar-refractivity contribution is 0.356. The lowest BCUT2D eigenvalue weighted by Crippen LogP contribution is -2.38. The summed E-state index contributed by atoms with van der Waals surface area (Å²) in [6.45, 7) is 1.25. The van der Waals surface area contributed by atoms with Gasteiger partial charge >= 0.3 is 0 Å². The van der Waals surface area contributed by atoms with Gasteiger partial charge in [-0.05, 0) is 32.3 Å². The second-order valence-corrected chi connectivity index (χ2v) is 7.62. The summed E-state index contributed by atoms with van der Waals surface area (Å²) in [6, 6.07) is 3.59. The molecule has 0 amide bonds. The summed E-state index contributed by atoms with van der Waals surface area (Å²) in [5, 5.41) is 3.79. The molecule has 7 heteroatoms. The Morgan fingerprint density at radius 2 is 1.83 bits per heavy atom. The van der Waals surface area contributed by atoms with Crippen LogP contribution in [0.5, 0.6) is 11.5 Å². The zero-order chi connectivity index (χ0) is 21.4. The summed E-state index contributed by atoms with van der Waals surface area (Å²) in [5.41, 5.74) is 7.89. The molecule has 7 nitrogen and oxygen atoms in total. The number of nitrogens with zero attached hydrogens (tertiary/aromatic N) is 3. The summed E-state index contributed by atoms with van der Waals surface area (Å²) < 4.78 is 12.7. The van der Waals surface area contributed by atoms with Crippen molar-refractivity contribution in [2.75, 3.05) is 34.9 Å². The van der Waals surface area contributed by atoms with E-state index in [-0.39, 0.29) is 5.56 Å². The first-order valence-electron chi connectivity index (χ1n) is 9.83. The molecular weight excluding hydrogens is 380 g/mol. The third-order valence-corrected chi connectivity index (χ3v) is 5.46. The lowest BCUT2D eigenvalue weighted by Gasteiger charge is -2.18. The number of aromatic nitrogens is 2. The first-order chi connectivity index (χ1) is 14.5. The van der Waals surface area contributed by atoms with E-state index in [2.05, 4.69) is 9.88 Å². The number of ether oxygens (including phenoxy) is 2. The number of hydrogen-bond donors (Lipinski definition) is 1. The first kappa shape index (κ1) is 20.0. The van der Waals surface area contributed by atoms with E-state index in [1.165, 1.54) is 0 Å². The van der Waals surface area contributed by atoms with E-state index in [0.29, 0.717) is 42.1 Å². The Kier molecular flexibility index (Phi) is 5.22. The van der Waals surface area contributed by atoms with Crippen LogP contribution in [0.1, 0.15) is 6.42 Å². The smallest absolute Gasteiger partial charge is 0.259 e. The fourth-order valence-corrected chi connectivity index (χ4v) is 3.93. The normalized spacial score (nSPS) is 13.4. The van der Waals surface area contributed by atoms with Crippen LogP contribution in [0.2, 0.25) is 0 Å². The zero-order valence-corrected chi connectivity index (χ0v) is 17.7. The van der Waals surface area contributed by atoms with E-state index in [1.54, 1.807) is 20.3 Å². The van der Waals surface area contributed by atoms with E-state index in [4.69, 9.17) is 15.2 Å². The highest BCUT2D eigenvalue weighted by atomic mass is 16.5. The van der Waals surface area contributed by atoms with Gasteiger partial charge in [-0.15, -0.1) is 0 Å². The fraction of sp³-hybridized carbons (Fsp3) is 0.304. The molecule has 2 N–H and O–H groups in total. The van der Waals surface area contributed by atoms with Gasteiger partial charge in [0.1, 0.15) is 0 Å². The van der Waals surface area contributed by atoms with Crippen molar-refractivity contribution >= 4 is 33.4 Å². The van der Waals surface area contributed by atoms with Crippen molar-refractivity contribution in [1.29, 1.82) is 0 Å². The van der Waals surface area contributed by atoms with Gasteiger partial charge in [0.25, 0.3) is 5.56 Å². The van der Waals surface area contributed by atoms with E-state index in [0.717, 1.165) is 26.9 Å². The molecule has 0 aliphatic heterocycles. The molecule has 0 unspecified atom stereocenters. The average Bonchev–Trinajstić information content (AvgIpc) is 2.93. The van der Waals surface area contributed by atoms with Crippen LogP contribution >= 0.6 is 0 Å². The molecule has 1 aliphatic carbocycles. The maximum absolute atomic E-state index is 13.7. The van der Waals surface area contributed by atoms with E-state index >= 15 is 0 Å². The molecule has 1 aliphatic rings. The molecule has 0 bridgehead atoms. The molecule has 0 fully saturated rings. The van der Waals surface area contributed by atoms with E-state index < -0.39 is 0 Å². The van der Waals surface area contributed by atoms with Gasteiger partial charge in [0.05, 0.1) is 30.5 Å². The molecule has 1 aromatic carbocycles. The summed E-state index contributed by atoms with van der Waals surface area (Å²) in [5.74, 6) is 1.09. The molecular formula is C23H26N4O3. The number of hydrogen-bond acceptors (Lipinski definition) is 6. The van der Waals surface area contributed by atoms with Gasteiger partial charge in [-0.2, -0.15) is 0 Å². The minimum Gasteiger partial charge on any atom is -0.493 e. The Morgan fingerprint density at radius 1 is 1.13 bits per heavy atom. The maximum atomic E-state index is 13.7. The van der Waals surface area contributed by atoms with Crippen LogP contribution in [0.3, 0.4) is 0 Å². The zero-order valence-electron chi connectivity index (χ0n) is 17.7. The van der Waals surface area contributed by atoms with Gasteiger partial charge < -0.3 is 24.7 Å². The highest BCUT2D eigenvalue weighted by Crippen LogP contribution is 2.33. The van der Waals surface area contributed by atoms with Crippen molar-refractivity contribution < 1.29 is 9.47 Å². The van der Waals surface area contributed by atoms with Crippen molar-refractivity contribution in [3.8, 4) is 11.5 Å². The van der Waals surface area contributed by atoms with Gasteiger partial charge in [-0.1, -0.05) is 12.2 Å². The van der Waals surface area contributed by atoms with Gasteiger partial charge in [-0.25, -0.2) is 0 Å². The molecule has 156 valence electrons.